The van der Waals surface area contributed by atoms with Crippen LogP contribution in [0.1, 0.15) is 53.6 Å². The van der Waals surface area contributed by atoms with Gasteiger partial charge in [-0.25, -0.2) is 9.97 Å². The second-order valence-electron chi connectivity index (χ2n) is 8.03. The van der Waals surface area contributed by atoms with E-state index in [-0.39, 0.29) is 5.91 Å². The highest BCUT2D eigenvalue weighted by atomic mass is 16.1. The number of rotatable bonds is 6. The van der Waals surface area contributed by atoms with Gasteiger partial charge in [-0.2, -0.15) is 0 Å². The van der Waals surface area contributed by atoms with Gasteiger partial charge >= 0.3 is 0 Å². The van der Waals surface area contributed by atoms with E-state index < -0.39 is 0 Å². The number of aromatic nitrogens is 2. The van der Waals surface area contributed by atoms with E-state index in [9.17, 15) is 4.79 Å². The van der Waals surface area contributed by atoms with E-state index in [1.165, 1.54) is 37.7 Å². The van der Waals surface area contributed by atoms with Gasteiger partial charge in [0.05, 0.1) is 0 Å². The van der Waals surface area contributed by atoms with E-state index in [4.69, 9.17) is 0 Å². The normalized spacial score (nSPS) is 14.3. The van der Waals surface area contributed by atoms with Crippen molar-refractivity contribution in [3.63, 3.8) is 0 Å². The molecule has 30 heavy (non-hydrogen) atoms. The first kappa shape index (κ1) is 20.1. The molecule has 1 amide bonds. The fourth-order valence-corrected chi connectivity index (χ4v) is 3.93. The van der Waals surface area contributed by atoms with E-state index in [0.717, 1.165) is 16.7 Å². The highest BCUT2D eigenvalue weighted by Crippen LogP contribution is 2.22. The number of anilines is 1. The molecule has 2 aromatic carbocycles. The molecule has 3 aromatic rings. The van der Waals surface area contributed by atoms with Crippen LogP contribution in [0, 0.1) is 6.92 Å². The number of hydrogen-bond acceptors (Lipinski definition) is 4. The van der Waals surface area contributed by atoms with Gasteiger partial charge in [0.15, 0.2) is 0 Å². The summed E-state index contributed by atoms with van der Waals surface area (Å²) in [5.41, 5.74) is 4.74. The SMILES string of the molecule is Cc1cccc(CNC(=O)c2cccc(-c3cnc(NC4CCCCC4)nc3)c2)c1. The highest BCUT2D eigenvalue weighted by Gasteiger charge is 2.14. The molecular weight excluding hydrogens is 372 g/mol. The van der Waals surface area contributed by atoms with Crippen LogP contribution in [-0.4, -0.2) is 21.9 Å². The van der Waals surface area contributed by atoms with E-state index >= 15 is 0 Å². The Morgan fingerprint density at radius 1 is 0.967 bits per heavy atom. The fraction of sp³-hybridized carbons (Fsp3) is 0.320. The molecule has 4 rings (SSSR count). The van der Waals surface area contributed by atoms with Gasteiger partial charge in [0.1, 0.15) is 0 Å². The monoisotopic (exact) mass is 400 g/mol. The molecule has 1 fully saturated rings. The van der Waals surface area contributed by atoms with Crippen molar-refractivity contribution in [1.29, 1.82) is 0 Å². The summed E-state index contributed by atoms with van der Waals surface area (Å²) >= 11 is 0. The number of aryl methyl sites for hydroxylation is 1. The Bertz CT molecular complexity index is 994. The van der Waals surface area contributed by atoms with Gasteiger partial charge in [0.2, 0.25) is 5.95 Å². The number of hydrogen-bond donors (Lipinski definition) is 2. The molecule has 1 aliphatic carbocycles. The minimum Gasteiger partial charge on any atom is -0.351 e. The van der Waals surface area contributed by atoms with E-state index in [0.29, 0.717) is 24.1 Å². The standard InChI is InChI=1S/C25H28N4O/c1-18-7-5-8-19(13-18)15-26-24(30)21-10-6-9-20(14-21)22-16-27-25(28-17-22)29-23-11-3-2-4-12-23/h5-10,13-14,16-17,23H,2-4,11-12,15H2,1H3,(H,26,30)(H,27,28,29). The second kappa shape index (κ2) is 9.53. The van der Waals surface area contributed by atoms with Crippen LogP contribution in [0.3, 0.4) is 0 Å². The molecule has 0 radical (unpaired) electrons. The fourth-order valence-electron chi connectivity index (χ4n) is 3.93. The summed E-state index contributed by atoms with van der Waals surface area (Å²) in [6.45, 7) is 2.56. The molecular formula is C25H28N4O. The number of carbonyl (C=O) groups is 1. The average molecular weight is 401 g/mol. The molecule has 1 saturated carbocycles. The number of nitrogens with zero attached hydrogens (tertiary/aromatic N) is 2. The third kappa shape index (κ3) is 5.23. The van der Waals surface area contributed by atoms with Crippen LogP contribution >= 0.6 is 0 Å². The van der Waals surface area contributed by atoms with Gasteiger partial charge in [-0.05, 0) is 43.0 Å². The Morgan fingerprint density at radius 2 is 1.73 bits per heavy atom. The first-order valence-corrected chi connectivity index (χ1v) is 10.7. The number of benzene rings is 2. The van der Waals surface area contributed by atoms with Crippen molar-refractivity contribution in [2.75, 3.05) is 5.32 Å². The van der Waals surface area contributed by atoms with E-state index in [1.54, 1.807) is 0 Å². The van der Waals surface area contributed by atoms with Crippen molar-refractivity contribution in [3.8, 4) is 11.1 Å². The zero-order valence-corrected chi connectivity index (χ0v) is 17.4. The molecule has 0 aliphatic heterocycles. The summed E-state index contributed by atoms with van der Waals surface area (Å²) in [6.07, 6.45) is 9.88. The zero-order chi connectivity index (χ0) is 20.8. The van der Waals surface area contributed by atoms with Crippen molar-refractivity contribution in [2.24, 2.45) is 0 Å². The molecule has 0 atom stereocenters. The Labute approximate surface area is 178 Å². The van der Waals surface area contributed by atoms with Crippen LogP contribution in [0.15, 0.2) is 60.9 Å². The molecule has 1 aliphatic rings. The van der Waals surface area contributed by atoms with Gasteiger partial charge in [-0.1, -0.05) is 61.2 Å². The summed E-state index contributed by atoms with van der Waals surface area (Å²) in [5, 5.41) is 6.43. The minimum absolute atomic E-state index is 0.0881. The lowest BCUT2D eigenvalue weighted by Crippen LogP contribution is -2.23. The number of carbonyl (C=O) groups excluding carboxylic acids is 1. The van der Waals surface area contributed by atoms with Gasteiger partial charge in [0, 0.05) is 36.1 Å². The van der Waals surface area contributed by atoms with Crippen molar-refractivity contribution >= 4 is 11.9 Å². The minimum atomic E-state index is -0.0881. The molecule has 0 spiro atoms. The lowest BCUT2D eigenvalue weighted by molar-refractivity contribution is 0.0951. The number of nitrogens with one attached hydrogen (secondary N) is 2. The van der Waals surface area contributed by atoms with Crippen molar-refractivity contribution in [2.45, 2.75) is 51.6 Å². The summed E-state index contributed by atoms with van der Waals surface area (Å²) in [4.78, 5) is 21.6. The summed E-state index contributed by atoms with van der Waals surface area (Å²) < 4.78 is 0. The zero-order valence-electron chi connectivity index (χ0n) is 17.4. The predicted molar refractivity (Wildman–Crippen MR) is 120 cm³/mol. The third-order valence-corrected chi connectivity index (χ3v) is 5.58. The summed E-state index contributed by atoms with van der Waals surface area (Å²) in [6, 6.07) is 16.2. The molecule has 2 N–H and O–H groups in total. The lowest BCUT2D eigenvalue weighted by Gasteiger charge is -2.22. The van der Waals surface area contributed by atoms with Gasteiger partial charge < -0.3 is 10.6 Å². The lowest BCUT2D eigenvalue weighted by atomic mass is 9.96. The summed E-state index contributed by atoms with van der Waals surface area (Å²) in [5.74, 6) is 0.590. The molecule has 1 heterocycles. The van der Waals surface area contributed by atoms with Crippen LogP contribution in [0.4, 0.5) is 5.95 Å². The summed E-state index contributed by atoms with van der Waals surface area (Å²) in [7, 11) is 0. The smallest absolute Gasteiger partial charge is 0.251 e. The van der Waals surface area contributed by atoms with E-state index in [1.807, 2.05) is 61.8 Å². The topological polar surface area (TPSA) is 66.9 Å². The Hall–Kier alpha value is -3.21. The van der Waals surface area contributed by atoms with Crippen molar-refractivity contribution < 1.29 is 4.79 Å². The van der Waals surface area contributed by atoms with Crippen LogP contribution in [0.25, 0.3) is 11.1 Å². The Kier molecular flexibility index (Phi) is 6.38. The molecule has 0 unspecified atom stereocenters. The van der Waals surface area contributed by atoms with Gasteiger partial charge in [-0.15, -0.1) is 0 Å². The van der Waals surface area contributed by atoms with E-state index in [2.05, 4.69) is 26.7 Å². The van der Waals surface area contributed by atoms with Gasteiger partial charge in [-0.3, -0.25) is 4.79 Å². The highest BCUT2D eigenvalue weighted by molar-refractivity contribution is 5.95. The quantitative estimate of drug-likeness (QED) is 0.602. The van der Waals surface area contributed by atoms with Crippen LogP contribution in [0.5, 0.6) is 0 Å². The maximum atomic E-state index is 12.6. The Morgan fingerprint density at radius 3 is 2.50 bits per heavy atom. The van der Waals surface area contributed by atoms with Crippen LogP contribution in [0.2, 0.25) is 0 Å². The Balaban J connectivity index is 1.40. The van der Waals surface area contributed by atoms with Crippen molar-refractivity contribution in [3.05, 3.63) is 77.6 Å². The molecule has 5 nitrogen and oxygen atoms in total. The largest absolute Gasteiger partial charge is 0.351 e. The molecule has 5 heteroatoms. The van der Waals surface area contributed by atoms with Crippen LogP contribution in [-0.2, 0) is 6.54 Å². The van der Waals surface area contributed by atoms with Crippen molar-refractivity contribution in [1.82, 2.24) is 15.3 Å². The molecule has 154 valence electrons. The van der Waals surface area contributed by atoms with Gasteiger partial charge in [0.25, 0.3) is 5.91 Å². The maximum absolute atomic E-state index is 12.6. The first-order valence-electron chi connectivity index (χ1n) is 10.7. The predicted octanol–water partition coefficient (Wildman–Crippen LogP) is 5.13. The second-order valence-corrected chi connectivity index (χ2v) is 8.03. The maximum Gasteiger partial charge on any atom is 0.251 e. The molecule has 0 bridgehead atoms. The molecule has 1 aromatic heterocycles. The molecule has 0 saturated heterocycles. The number of amides is 1. The van der Waals surface area contributed by atoms with Crippen LogP contribution < -0.4 is 10.6 Å². The average Bonchev–Trinajstić information content (AvgIpc) is 2.79. The first-order chi connectivity index (χ1) is 14.7. The third-order valence-electron chi connectivity index (χ3n) is 5.58.